The third-order valence-corrected chi connectivity index (χ3v) is 6.43. The Morgan fingerprint density at radius 2 is 1.93 bits per heavy atom. The summed E-state index contributed by atoms with van der Waals surface area (Å²) in [7, 11) is 0. The molecular weight excluding hydrogens is 360 g/mol. The highest BCUT2D eigenvalue weighted by Crippen LogP contribution is 2.35. The average molecular weight is 385 g/mol. The van der Waals surface area contributed by atoms with Crippen LogP contribution in [0.2, 0.25) is 0 Å². The lowest BCUT2D eigenvalue weighted by atomic mass is 9.90. The summed E-state index contributed by atoms with van der Waals surface area (Å²) in [6.07, 6.45) is 6.37. The van der Waals surface area contributed by atoms with Crippen LogP contribution >= 0.6 is 11.3 Å². The normalized spacial score (nSPS) is 20.8. The number of rotatable bonds is 5. The molecule has 1 unspecified atom stereocenters. The summed E-state index contributed by atoms with van der Waals surface area (Å²) in [6.45, 7) is 1.00. The molecule has 1 aliphatic carbocycles. The van der Waals surface area contributed by atoms with Crippen molar-refractivity contribution in [2.24, 2.45) is 5.92 Å². The Morgan fingerprint density at radius 3 is 2.70 bits per heavy atom. The molecule has 1 saturated heterocycles. The van der Waals surface area contributed by atoms with E-state index in [1.165, 1.54) is 30.6 Å². The number of hydrogen-bond acceptors (Lipinski definition) is 5. The van der Waals surface area contributed by atoms with Gasteiger partial charge in [-0.05, 0) is 18.4 Å². The monoisotopic (exact) mass is 384 g/mol. The number of carbonyl (C=O) groups is 2. The second-order valence-electron chi connectivity index (χ2n) is 7.43. The van der Waals surface area contributed by atoms with Gasteiger partial charge in [0.2, 0.25) is 16.9 Å². The summed E-state index contributed by atoms with van der Waals surface area (Å²) in [5, 5.41) is 12.9. The number of anilines is 1. The van der Waals surface area contributed by atoms with E-state index in [1.807, 2.05) is 30.3 Å². The summed E-state index contributed by atoms with van der Waals surface area (Å²) >= 11 is 1.48. The van der Waals surface area contributed by atoms with E-state index in [9.17, 15) is 9.59 Å². The molecule has 1 atom stereocenters. The Morgan fingerprint density at radius 1 is 1.15 bits per heavy atom. The van der Waals surface area contributed by atoms with Crippen LogP contribution in [0.15, 0.2) is 30.3 Å². The fraction of sp³-hybridized carbons (Fsp3) is 0.500. The summed E-state index contributed by atoms with van der Waals surface area (Å²) in [5.74, 6) is 0.0454. The van der Waals surface area contributed by atoms with Gasteiger partial charge in [0, 0.05) is 25.4 Å². The molecule has 1 aromatic carbocycles. The third-order valence-electron chi connectivity index (χ3n) is 5.43. The molecule has 0 spiro atoms. The van der Waals surface area contributed by atoms with Crippen LogP contribution in [0.1, 0.15) is 55.0 Å². The number of nitrogens with one attached hydrogen (secondary N) is 1. The van der Waals surface area contributed by atoms with Crippen LogP contribution in [0.5, 0.6) is 0 Å². The van der Waals surface area contributed by atoms with Gasteiger partial charge in [0.1, 0.15) is 5.01 Å². The zero-order valence-corrected chi connectivity index (χ0v) is 16.1. The lowest BCUT2D eigenvalue weighted by Crippen LogP contribution is -2.28. The van der Waals surface area contributed by atoms with Gasteiger partial charge in [0.05, 0.1) is 5.92 Å². The minimum atomic E-state index is -0.330. The van der Waals surface area contributed by atoms with Gasteiger partial charge in [0.15, 0.2) is 0 Å². The average Bonchev–Trinajstić information content (AvgIpc) is 3.30. The van der Waals surface area contributed by atoms with E-state index in [1.54, 1.807) is 4.90 Å². The standard InChI is InChI=1S/C20H24N4O2S/c25-17-11-16(13-24(17)12-14-7-3-1-4-8-14)18(26)21-20-23-22-19(27-20)15-9-5-2-6-10-15/h1,3-4,7-8,15-16H,2,5-6,9-13H2,(H,21,23,26). The van der Waals surface area contributed by atoms with Gasteiger partial charge >= 0.3 is 0 Å². The van der Waals surface area contributed by atoms with Crippen molar-refractivity contribution in [3.63, 3.8) is 0 Å². The van der Waals surface area contributed by atoms with Gasteiger partial charge in [-0.1, -0.05) is 60.9 Å². The fourth-order valence-corrected chi connectivity index (χ4v) is 4.83. The first-order valence-electron chi connectivity index (χ1n) is 9.65. The highest BCUT2D eigenvalue weighted by molar-refractivity contribution is 7.15. The molecule has 2 aromatic rings. The zero-order chi connectivity index (χ0) is 18.6. The van der Waals surface area contributed by atoms with E-state index in [0.29, 0.717) is 24.1 Å². The molecule has 6 nitrogen and oxygen atoms in total. The molecule has 2 amide bonds. The molecule has 1 N–H and O–H groups in total. The number of benzene rings is 1. The van der Waals surface area contributed by atoms with Gasteiger partial charge in [-0.2, -0.15) is 0 Å². The smallest absolute Gasteiger partial charge is 0.231 e. The molecule has 0 radical (unpaired) electrons. The Balaban J connectivity index is 1.33. The van der Waals surface area contributed by atoms with Gasteiger partial charge in [-0.15, -0.1) is 10.2 Å². The largest absolute Gasteiger partial charge is 0.338 e. The molecule has 7 heteroatoms. The fourth-order valence-electron chi connectivity index (χ4n) is 3.91. The quantitative estimate of drug-likeness (QED) is 0.855. The molecule has 2 heterocycles. The van der Waals surface area contributed by atoms with E-state index in [4.69, 9.17) is 0 Å². The first-order valence-corrected chi connectivity index (χ1v) is 10.5. The molecule has 1 aromatic heterocycles. The predicted octanol–water partition coefficient (Wildman–Crippen LogP) is 3.57. The number of likely N-dealkylation sites (tertiary alicyclic amines) is 1. The first kappa shape index (κ1) is 18.1. The van der Waals surface area contributed by atoms with Crippen molar-refractivity contribution in [2.45, 2.75) is 51.0 Å². The maximum absolute atomic E-state index is 12.6. The van der Waals surface area contributed by atoms with Gasteiger partial charge in [0.25, 0.3) is 0 Å². The van der Waals surface area contributed by atoms with Crippen LogP contribution in [-0.4, -0.2) is 33.5 Å². The molecular formula is C20H24N4O2S. The Labute approximate surface area is 163 Å². The van der Waals surface area contributed by atoms with Gasteiger partial charge in [-0.25, -0.2) is 0 Å². The van der Waals surface area contributed by atoms with E-state index >= 15 is 0 Å². The molecule has 27 heavy (non-hydrogen) atoms. The number of nitrogens with zero attached hydrogens (tertiary/aromatic N) is 3. The maximum atomic E-state index is 12.6. The predicted molar refractivity (Wildman–Crippen MR) is 104 cm³/mol. The zero-order valence-electron chi connectivity index (χ0n) is 15.3. The van der Waals surface area contributed by atoms with E-state index in [-0.39, 0.29) is 24.2 Å². The third kappa shape index (κ3) is 4.35. The first-order chi connectivity index (χ1) is 13.2. The van der Waals surface area contributed by atoms with Crippen molar-refractivity contribution < 1.29 is 9.59 Å². The lowest BCUT2D eigenvalue weighted by molar-refractivity contribution is -0.128. The van der Waals surface area contributed by atoms with Crippen molar-refractivity contribution in [1.82, 2.24) is 15.1 Å². The van der Waals surface area contributed by atoms with E-state index < -0.39 is 0 Å². The van der Waals surface area contributed by atoms with Crippen LogP contribution in [0.3, 0.4) is 0 Å². The van der Waals surface area contributed by atoms with E-state index in [2.05, 4.69) is 15.5 Å². The Bertz CT molecular complexity index is 801. The van der Waals surface area contributed by atoms with Crippen LogP contribution in [0.25, 0.3) is 0 Å². The Hall–Kier alpha value is -2.28. The highest BCUT2D eigenvalue weighted by atomic mass is 32.1. The van der Waals surface area contributed by atoms with Crippen molar-refractivity contribution in [3.8, 4) is 0 Å². The molecule has 1 saturated carbocycles. The highest BCUT2D eigenvalue weighted by Gasteiger charge is 2.34. The summed E-state index contributed by atoms with van der Waals surface area (Å²) < 4.78 is 0. The maximum Gasteiger partial charge on any atom is 0.231 e. The van der Waals surface area contributed by atoms with Crippen LogP contribution in [-0.2, 0) is 16.1 Å². The van der Waals surface area contributed by atoms with Crippen molar-refractivity contribution in [2.75, 3.05) is 11.9 Å². The van der Waals surface area contributed by atoms with Crippen LogP contribution < -0.4 is 5.32 Å². The molecule has 0 bridgehead atoms. The minimum Gasteiger partial charge on any atom is -0.338 e. The summed E-state index contributed by atoms with van der Waals surface area (Å²) in [4.78, 5) is 26.6. The second kappa shape index (κ2) is 8.17. The molecule has 2 fully saturated rings. The topological polar surface area (TPSA) is 75.2 Å². The molecule has 1 aliphatic heterocycles. The van der Waals surface area contributed by atoms with Crippen molar-refractivity contribution >= 4 is 28.3 Å². The van der Waals surface area contributed by atoms with Crippen molar-refractivity contribution in [3.05, 3.63) is 40.9 Å². The number of hydrogen-bond donors (Lipinski definition) is 1. The number of amides is 2. The second-order valence-corrected chi connectivity index (χ2v) is 8.44. The summed E-state index contributed by atoms with van der Waals surface area (Å²) in [6, 6.07) is 9.86. The molecule has 4 rings (SSSR count). The minimum absolute atomic E-state index is 0.0270. The summed E-state index contributed by atoms with van der Waals surface area (Å²) in [5.41, 5.74) is 1.08. The molecule has 142 valence electrons. The lowest BCUT2D eigenvalue weighted by Gasteiger charge is -2.18. The van der Waals surface area contributed by atoms with Crippen LogP contribution in [0, 0.1) is 5.92 Å². The number of carbonyl (C=O) groups excluding carboxylic acids is 2. The van der Waals surface area contributed by atoms with Crippen molar-refractivity contribution in [1.29, 1.82) is 0 Å². The molecule has 2 aliphatic rings. The Kier molecular flexibility index (Phi) is 5.48. The van der Waals surface area contributed by atoms with Crippen LogP contribution in [0.4, 0.5) is 5.13 Å². The van der Waals surface area contributed by atoms with Gasteiger partial charge < -0.3 is 10.2 Å². The van der Waals surface area contributed by atoms with Gasteiger partial charge in [-0.3, -0.25) is 9.59 Å². The SMILES string of the molecule is O=C(Nc1nnc(C2CCCCC2)s1)C1CC(=O)N(Cc2ccccc2)C1. The van der Waals surface area contributed by atoms with E-state index in [0.717, 1.165) is 23.4 Å². The number of aromatic nitrogens is 2.